The first-order valence-electron chi connectivity index (χ1n) is 25.6. The molecule has 0 spiro atoms. The zero-order valence-electron chi connectivity index (χ0n) is 43.1. The average Bonchev–Trinajstić information content (AvgIpc) is 4.01. The Morgan fingerprint density at radius 1 is 1.03 bits per heavy atom. The van der Waals surface area contributed by atoms with Gasteiger partial charge in [-0.1, -0.05) is 40.0 Å². The molecule has 76 heavy (non-hydrogen) atoms. The Hall–Kier alpha value is -6.00. The van der Waals surface area contributed by atoms with Crippen molar-refractivity contribution in [2.75, 3.05) is 45.1 Å². The van der Waals surface area contributed by atoms with Gasteiger partial charge in [-0.25, -0.2) is 4.79 Å². The summed E-state index contributed by atoms with van der Waals surface area (Å²) in [7, 11) is 0. The van der Waals surface area contributed by atoms with E-state index in [-0.39, 0.29) is 61.9 Å². The van der Waals surface area contributed by atoms with Gasteiger partial charge in [-0.3, -0.25) is 53.4 Å². The second kappa shape index (κ2) is 28.9. The van der Waals surface area contributed by atoms with Gasteiger partial charge in [0, 0.05) is 61.8 Å². The summed E-state index contributed by atoms with van der Waals surface area (Å²) in [6, 6.07) is -2.52. The molecule has 1 aromatic carbocycles. The standard InChI is InChI=1S/C49H73N11O14S2/c1-5-25(2)42-45(70)52-20-40(66)54-36(44(69)55-35(17-39(50)65)47(71)60-21-29(63)14-28(60)19-51-27(4)26(3)37(64)22-61)23-76-46-32(16-34(53-24-62)43(68)58-49(73)57-42)31-11-10-30(15-33(31)56-46)74-13-9-7-6-8-12-59-41(67)18-38(75)48(59)72/h10-11,15,24-29,34-38,42,51,56,61,63-64,75H,5-9,12-14,16-23H2,1-4H3,(H2,50,65)(H,52,70)(H,53,62)(H,54,66)(H,55,69)(H2,57,58,68,73). The molecule has 0 radical (unpaired) electrons. The number of urea groups is 1. The van der Waals surface area contributed by atoms with Crippen LogP contribution in [0.5, 0.6) is 5.75 Å². The van der Waals surface area contributed by atoms with Crippen molar-refractivity contribution in [3.63, 3.8) is 0 Å². The highest BCUT2D eigenvalue weighted by atomic mass is 32.2. The molecule has 2 aromatic rings. The number of aromatic amines is 1. The summed E-state index contributed by atoms with van der Waals surface area (Å²) in [6.07, 6.45) is 0.864. The molecule has 25 nitrogen and oxygen atoms in total. The van der Waals surface area contributed by atoms with Crippen molar-refractivity contribution < 1.29 is 68.0 Å². The number of H-pyrrole nitrogens is 1. The monoisotopic (exact) mass is 1100 g/mol. The van der Waals surface area contributed by atoms with Crippen LogP contribution in [0.25, 0.3) is 10.9 Å². The van der Waals surface area contributed by atoms with Crippen LogP contribution in [0.3, 0.4) is 0 Å². The van der Waals surface area contributed by atoms with Gasteiger partial charge in [0.05, 0.1) is 54.2 Å². The predicted octanol–water partition coefficient (Wildman–Crippen LogP) is -1.94. The van der Waals surface area contributed by atoms with Gasteiger partial charge in [0.1, 0.15) is 29.9 Å². The molecule has 11 amide bonds. The summed E-state index contributed by atoms with van der Waals surface area (Å²) in [4.78, 5) is 138. The van der Waals surface area contributed by atoms with Gasteiger partial charge in [-0.15, -0.1) is 11.8 Å². The van der Waals surface area contributed by atoms with Gasteiger partial charge < -0.3 is 67.6 Å². The number of carbonyl (C=O) groups is 10. The number of ether oxygens (including phenoxy) is 1. The highest BCUT2D eigenvalue weighted by molar-refractivity contribution is 7.99. The largest absolute Gasteiger partial charge is 0.494 e. The summed E-state index contributed by atoms with van der Waals surface area (Å²) in [5.41, 5.74) is 6.57. The van der Waals surface area contributed by atoms with E-state index in [4.69, 9.17) is 10.5 Å². The molecule has 420 valence electrons. The number of unbranched alkanes of at least 4 members (excludes halogenated alkanes) is 3. The minimum Gasteiger partial charge on any atom is -0.494 e. The number of fused-ring (bicyclic) bond motifs is 3. The molecule has 13 N–H and O–H groups in total. The Bertz CT molecular complexity index is 2430. The zero-order chi connectivity index (χ0) is 55.8. The molecule has 3 aliphatic rings. The van der Waals surface area contributed by atoms with E-state index >= 15 is 0 Å². The van der Waals surface area contributed by atoms with Crippen molar-refractivity contribution >= 4 is 95.0 Å². The maximum atomic E-state index is 14.5. The van der Waals surface area contributed by atoms with Crippen LogP contribution in [-0.4, -0.2) is 189 Å². The minimum absolute atomic E-state index is 0.0992. The minimum atomic E-state index is -1.57. The quantitative estimate of drug-likeness (QED) is 0.0249. The van der Waals surface area contributed by atoms with Crippen molar-refractivity contribution in [1.29, 1.82) is 0 Å². The fraction of sp³-hybridized carbons (Fsp3) is 0.633. The lowest BCUT2D eigenvalue weighted by molar-refractivity contribution is -0.139. The maximum Gasteiger partial charge on any atom is 0.322 e. The third-order valence-corrected chi connectivity index (χ3v) is 15.6. The molecule has 0 saturated carbocycles. The highest BCUT2D eigenvalue weighted by Crippen LogP contribution is 2.34. The number of nitrogens with one attached hydrogen (secondary N) is 8. The molecule has 4 heterocycles. The SMILES string of the molecule is CCC(C)C1NC(=O)NC(=O)C(NC=O)Cc2c([nH]c3cc(OCCCCCCN4C(=O)CC(S)C4=O)ccc23)SCC(C(=O)NC(CC(N)=O)C(=O)N2CC(O)CC2CNC(C)C(C)C(O)CO)NC(=O)CNC1=O. The van der Waals surface area contributed by atoms with Crippen LogP contribution in [0.15, 0.2) is 23.2 Å². The summed E-state index contributed by atoms with van der Waals surface area (Å²) >= 11 is 5.18. The molecule has 27 heteroatoms. The molecular formula is C49H73N11O14S2. The Morgan fingerprint density at radius 3 is 2.43 bits per heavy atom. The molecular weight excluding hydrogens is 1030 g/mol. The summed E-state index contributed by atoms with van der Waals surface area (Å²) in [5, 5.41) is 48.7. The summed E-state index contributed by atoms with van der Waals surface area (Å²) in [5.74, 6) is -6.36. The molecule has 2 saturated heterocycles. The van der Waals surface area contributed by atoms with Gasteiger partial charge in [-0.2, -0.15) is 12.6 Å². The average molecular weight is 1100 g/mol. The van der Waals surface area contributed by atoms with Crippen LogP contribution in [0.1, 0.15) is 84.6 Å². The van der Waals surface area contributed by atoms with Gasteiger partial charge in [-0.05, 0) is 55.7 Å². The van der Waals surface area contributed by atoms with Crippen LogP contribution in [0, 0.1) is 11.8 Å². The molecule has 2 fully saturated rings. The highest BCUT2D eigenvalue weighted by Gasteiger charge is 2.40. The van der Waals surface area contributed by atoms with Gasteiger partial charge >= 0.3 is 6.03 Å². The van der Waals surface area contributed by atoms with Gasteiger partial charge in [0.2, 0.25) is 47.8 Å². The summed E-state index contributed by atoms with van der Waals surface area (Å²) in [6.45, 7) is 6.46. The number of benzene rings is 1. The molecule has 11 unspecified atom stereocenters. The third-order valence-electron chi connectivity index (χ3n) is 14.0. The van der Waals surface area contributed by atoms with Crippen molar-refractivity contribution in [1.82, 2.24) is 52.0 Å². The van der Waals surface area contributed by atoms with E-state index < -0.39 is 115 Å². The van der Waals surface area contributed by atoms with Crippen molar-refractivity contribution in [2.24, 2.45) is 17.6 Å². The number of imide groups is 2. The first-order valence-corrected chi connectivity index (χ1v) is 27.1. The van der Waals surface area contributed by atoms with Gasteiger partial charge in [0.15, 0.2) is 0 Å². The smallest absolute Gasteiger partial charge is 0.322 e. The van der Waals surface area contributed by atoms with E-state index in [9.17, 15) is 63.3 Å². The van der Waals surface area contributed by atoms with Crippen LogP contribution < -0.4 is 47.7 Å². The lowest BCUT2D eigenvalue weighted by atomic mass is 9.97. The van der Waals surface area contributed by atoms with Gasteiger partial charge in [0.25, 0.3) is 5.91 Å². The second-order valence-electron chi connectivity index (χ2n) is 19.6. The van der Waals surface area contributed by atoms with Crippen molar-refractivity contribution in [3.05, 3.63) is 23.8 Å². The number of thioether (sulfide) groups is 1. The molecule has 11 atom stereocenters. The maximum absolute atomic E-state index is 14.5. The molecule has 0 aliphatic carbocycles. The lowest BCUT2D eigenvalue weighted by Crippen LogP contribution is -2.59. The Labute approximate surface area is 449 Å². The number of aliphatic hydroxyl groups excluding tert-OH is 3. The number of primary amides is 1. The van der Waals surface area contributed by atoms with E-state index in [1.165, 1.54) is 9.80 Å². The number of carbonyl (C=O) groups excluding carboxylic acids is 10. The van der Waals surface area contributed by atoms with Crippen LogP contribution in [0.4, 0.5) is 4.79 Å². The fourth-order valence-corrected chi connectivity index (χ4v) is 10.6. The summed E-state index contributed by atoms with van der Waals surface area (Å²) < 4.78 is 6.08. The molecule has 3 aliphatic heterocycles. The van der Waals surface area contributed by atoms with E-state index in [1.807, 2.05) is 0 Å². The number of aliphatic hydroxyl groups is 3. The first-order chi connectivity index (χ1) is 36.1. The Kier molecular flexibility index (Phi) is 23.2. The number of rotatable bonds is 23. The van der Waals surface area contributed by atoms with E-state index in [1.54, 1.807) is 45.9 Å². The van der Waals surface area contributed by atoms with Crippen LogP contribution in [0.2, 0.25) is 0 Å². The molecule has 0 bridgehead atoms. The molecule has 1 aromatic heterocycles. The van der Waals surface area contributed by atoms with Crippen molar-refractivity contribution in [3.8, 4) is 5.75 Å². The topological polar surface area (TPSA) is 373 Å². The zero-order valence-corrected chi connectivity index (χ0v) is 44.8. The van der Waals surface area contributed by atoms with Crippen molar-refractivity contribution in [2.45, 2.75) is 144 Å². The number of amides is 11. The lowest BCUT2D eigenvalue weighted by Gasteiger charge is -2.32. The number of nitrogens with two attached hydrogens (primary N) is 1. The normalized spacial score (nSPS) is 24.0. The Balaban J connectivity index is 1.41. The Morgan fingerprint density at radius 2 is 1.76 bits per heavy atom. The number of hydrogen-bond donors (Lipinski definition) is 13. The van der Waals surface area contributed by atoms with Crippen LogP contribution >= 0.6 is 24.4 Å². The number of nitrogens with zero attached hydrogens (tertiary/aromatic N) is 2. The van der Waals surface area contributed by atoms with Crippen LogP contribution in [-0.2, 0) is 49.6 Å². The third kappa shape index (κ3) is 16.7. The number of hydrogen-bond acceptors (Lipinski definition) is 17. The fourth-order valence-electron chi connectivity index (χ4n) is 9.14. The van der Waals surface area contributed by atoms with E-state index in [2.05, 4.69) is 54.8 Å². The number of aromatic nitrogens is 1. The predicted molar refractivity (Wildman–Crippen MR) is 280 cm³/mol. The van der Waals surface area contributed by atoms with E-state index in [0.717, 1.165) is 24.6 Å². The molecule has 5 rings (SSSR count). The number of β-amino-alcohol motifs (C(OH)–C–C–N with tert-alkyl or cyclic N) is 1. The van der Waals surface area contributed by atoms with E-state index in [0.29, 0.717) is 66.1 Å². The first kappa shape index (κ1) is 60.9. The number of thiol groups is 1. The number of likely N-dealkylation sites (tertiary alicyclic amines) is 2. The second-order valence-corrected chi connectivity index (χ2v) is 21.2.